The zero-order valence-corrected chi connectivity index (χ0v) is 25.8. The van der Waals surface area contributed by atoms with Crippen molar-refractivity contribution in [2.75, 3.05) is 38.7 Å². The Labute approximate surface area is 261 Å². The molecule has 4 atom stereocenters. The molecule has 2 saturated carbocycles. The molecular formula is C35H36N8O2. The fourth-order valence-corrected chi connectivity index (χ4v) is 8.69. The van der Waals surface area contributed by atoms with Crippen LogP contribution in [0.3, 0.4) is 0 Å². The van der Waals surface area contributed by atoms with Gasteiger partial charge in [-0.05, 0) is 54.9 Å². The van der Waals surface area contributed by atoms with Crippen LogP contribution in [-0.2, 0) is 13.6 Å². The number of methoxy groups -OCH3 is 1. The molecule has 4 fully saturated rings. The van der Waals surface area contributed by atoms with E-state index in [0.29, 0.717) is 29.2 Å². The molecular weight excluding hydrogens is 564 g/mol. The topological polar surface area (TPSA) is 93.7 Å². The Kier molecular flexibility index (Phi) is 5.86. The van der Waals surface area contributed by atoms with Gasteiger partial charge in [-0.25, -0.2) is 15.0 Å². The second kappa shape index (κ2) is 9.89. The van der Waals surface area contributed by atoms with Gasteiger partial charge in [0.1, 0.15) is 23.3 Å². The van der Waals surface area contributed by atoms with Crippen LogP contribution in [0.1, 0.15) is 28.9 Å². The molecule has 0 spiro atoms. The number of ether oxygens (including phenoxy) is 1. The lowest BCUT2D eigenvalue weighted by atomic mass is 9.53. The first kappa shape index (κ1) is 26.7. The van der Waals surface area contributed by atoms with Gasteiger partial charge in [-0.2, -0.15) is 0 Å². The van der Waals surface area contributed by atoms with Gasteiger partial charge in [-0.1, -0.05) is 18.2 Å². The van der Waals surface area contributed by atoms with E-state index in [9.17, 15) is 4.79 Å². The minimum Gasteiger partial charge on any atom is -0.494 e. The van der Waals surface area contributed by atoms with E-state index < -0.39 is 0 Å². The van der Waals surface area contributed by atoms with E-state index in [1.807, 2.05) is 18.3 Å². The highest BCUT2D eigenvalue weighted by molar-refractivity contribution is 6.00. The van der Waals surface area contributed by atoms with Crippen molar-refractivity contribution in [2.45, 2.75) is 25.4 Å². The first-order chi connectivity index (χ1) is 22.0. The molecule has 0 bridgehead atoms. The number of carbonyl (C=O) groups is 1. The summed E-state index contributed by atoms with van der Waals surface area (Å²) in [5.41, 5.74) is 6.41. The molecule has 10 nitrogen and oxygen atoms in total. The number of aromatic nitrogens is 5. The van der Waals surface area contributed by atoms with Crippen molar-refractivity contribution in [3.8, 4) is 17.3 Å². The third-order valence-corrected chi connectivity index (χ3v) is 10.9. The summed E-state index contributed by atoms with van der Waals surface area (Å²) >= 11 is 0. The monoisotopic (exact) mass is 600 g/mol. The van der Waals surface area contributed by atoms with Crippen molar-refractivity contribution in [1.29, 1.82) is 0 Å². The van der Waals surface area contributed by atoms with Crippen LogP contribution in [-0.4, -0.2) is 80.9 Å². The van der Waals surface area contributed by atoms with Crippen molar-refractivity contribution < 1.29 is 9.53 Å². The van der Waals surface area contributed by atoms with Gasteiger partial charge in [-0.3, -0.25) is 9.79 Å². The van der Waals surface area contributed by atoms with E-state index in [-0.39, 0.29) is 5.91 Å². The number of benzene rings is 2. The Hall–Kier alpha value is -4.73. The molecule has 3 unspecified atom stereocenters. The van der Waals surface area contributed by atoms with E-state index >= 15 is 0 Å². The van der Waals surface area contributed by atoms with Gasteiger partial charge in [0.15, 0.2) is 5.82 Å². The fraction of sp³-hybridized carbons (Fsp3) is 0.400. The summed E-state index contributed by atoms with van der Waals surface area (Å²) in [6, 6.07) is 15.0. The summed E-state index contributed by atoms with van der Waals surface area (Å²) in [5.74, 6) is 4.32. The SMILES string of the molecule is C/N=C/c1ncncc1N1CC(Cn2c(-c3cc4ccccc4n3C)nc3cc(C(=O)N4CC5CC6CC4[C@H]65)cc(OC)c32)C1. The van der Waals surface area contributed by atoms with Crippen molar-refractivity contribution in [1.82, 2.24) is 29.0 Å². The number of fused-ring (bicyclic) bond motifs is 2. The van der Waals surface area contributed by atoms with E-state index in [2.05, 4.69) is 71.3 Å². The Morgan fingerprint density at radius 2 is 1.98 bits per heavy atom. The summed E-state index contributed by atoms with van der Waals surface area (Å²) in [6.45, 7) is 3.38. The number of carbonyl (C=O) groups excluding carboxylic acids is 1. The highest BCUT2D eigenvalue weighted by Crippen LogP contribution is 2.60. The quantitative estimate of drug-likeness (QED) is 0.252. The van der Waals surface area contributed by atoms with Crippen LogP contribution >= 0.6 is 0 Å². The Balaban J connectivity index is 1.11. The van der Waals surface area contributed by atoms with Gasteiger partial charge >= 0.3 is 0 Å². The maximum atomic E-state index is 13.9. The molecule has 0 radical (unpaired) electrons. The van der Waals surface area contributed by atoms with Gasteiger partial charge in [0.2, 0.25) is 0 Å². The molecule has 9 rings (SSSR count). The number of nitrogens with zero attached hydrogens (tertiary/aromatic N) is 8. The summed E-state index contributed by atoms with van der Waals surface area (Å²) in [5, 5.41) is 1.17. The Morgan fingerprint density at radius 3 is 2.76 bits per heavy atom. The molecule has 4 aliphatic rings. The normalized spacial score (nSPS) is 23.8. The molecule has 2 saturated heterocycles. The summed E-state index contributed by atoms with van der Waals surface area (Å²) in [4.78, 5) is 36.5. The van der Waals surface area contributed by atoms with Crippen LogP contribution in [0.25, 0.3) is 33.5 Å². The molecule has 5 heterocycles. The molecule has 0 N–H and O–H groups in total. The summed E-state index contributed by atoms with van der Waals surface area (Å²) in [7, 11) is 5.55. The van der Waals surface area contributed by atoms with Crippen LogP contribution in [0.5, 0.6) is 5.75 Å². The highest BCUT2D eigenvalue weighted by Gasteiger charge is 2.61. The predicted molar refractivity (Wildman–Crippen MR) is 174 cm³/mol. The van der Waals surface area contributed by atoms with Gasteiger partial charge in [0, 0.05) is 74.9 Å². The number of likely N-dealkylation sites (tertiary alicyclic amines) is 1. The number of para-hydroxylation sites is 1. The molecule has 1 amide bonds. The van der Waals surface area contributed by atoms with Crippen LogP contribution in [0.15, 0.2) is 60.0 Å². The van der Waals surface area contributed by atoms with E-state index in [1.165, 1.54) is 11.8 Å². The lowest BCUT2D eigenvalue weighted by Gasteiger charge is -2.52. The Morgan fingerprint density at radius 1 is 1.11 bits per heavy atom. The zero-order valence-electron chi connectivity index (χ0n) is 25.8. The number of amides is 1. The first-order valence-corrected chi connectivity index (χ1v) is 15.9. The summed E-state index contributed by atoms with van der Waals surface area (Å²) in [6.07, 6.45) is 7.66. The first-order valence-electron chi connectivity index (χ1n) is 15.9. The predicted octanol–water partition coefficient (Wildman–Crippen LogP) is 4.66. The molecule has 2 aromatic carbocycles. The van der Waals surface area contributed by atoms with Gasteiger partial charge in [0.05, 0.1) is 30.2 Å². The second-order valence-corrected chi connectivity index (χ2v) is 13.3. The molecule has 2 aliphatic heterocycles. The number of rotatable bonds is 7. The van der Waals surface area contributed by atoms with E-state index in [1.54, 1.807) is 26.7 Å². The number of imidazole rings is 1. The lowest BCUT2D eigenvalue weighted by molar-refractivity contribution is -0.0204. The number of anilines is 1. The molecule has 5 aromatic rings. The number of aryl methyl sites for hydroxylation is 1. The molecule has 228 valence electrons. The third-order valence-electron chi connectivity index (χ3n) is 10.9. The summed E-state index contributed by atoms with van der Waals surface area (Å²) < 4.78 is 10.6. The molecule has 10 heteroatoms. The van der Waals surface area contributed by atoms with Crippen molar-refractivity contribution in [3.05, 3.63) is 66.2 Å². The maximum Gasteiger partial charge on any atom is 0.254 e. The zero-order chi connectivity index (χ0) is 30.4. The second-order valence-electron chi connectivity index (χ2n) is 13.3. The van der Waals surface area contributed by atoms with Crippen molar-refractivity contribution in [2.24, 2.45) is 35.7 Å². The van der Waals surface area contributed by atoms with Crippen LogP contribution in [0.4, 0.5) is 5.69 Å². The smallest absolute Gasteiger partial charge is 0.254 e. The molecule has 2 aliphatic carbocycles. The van der Waals surface area contributed by atoms with E-state index in [0.717, 1.165) is 83.9 Å². The highest BCUT2D eigenvalue weighted by atomic mass is 16.5. The average Bonchev–Trinajstić information content (AvgIpc) is 3.55. The Bertz CT molecular complexity index is 2020. The van der Waals surface area contributed by atoms with Gasteiger partial charge < -0.3 is 23.7 Å². The number of aliphatic imine (C=N–C) groups is 1. The van der Waals surface area contributed by atoms with Crippen molar-refractivity contribution in [3.63, 3.8) is 0 Å². The minimum atomic E-state index is 0.111. The molecule has 45 heavy (non-hydrogen) atoms. The standard InChI is InChI=1S/C35H36N8O2/c1-36-13-26-30(14-37-19-38-26)41-15-20(16-41)17-43-33-25(39-34(43)29-10-21-6-4-5-7-27(21)40(29)2)9-23(12-31(33)45-3)35(44)42-18-24-8-22-11-28(42)32(22)24/h4-7,9-10,12-14,19-20,22,24,28,32H,8,11,15-18H2,1-3H3/b36-13+/t22?,24?,28?,32-/m1/s1. The van der Waals surface area contributed by atoms with Crippen LogP contribution in [0, 0.1) is 23.7 Å². The average molecular weight is 601 g/mol. The molecule has 3 aromatic heterocycles. The maximum absolute atomic E-state index is 13.9. The number of hydrogen-bond acceptors (Lipinski definition) is 7. The fourth-order valence-electron chi connectivity index (χ4n) is 8.69. The van der Waals surface area contributed by atoms with Crippen LogP contribution < -0.4 is 9.64 Å². The van der Waals surface area contributed by atoms with Crippen LogP contribution in [0.2, 0.25) is 0 Å². The van der Waals surface area contributed by atoms with Gasteiger partial charge in [-0.15, -0.1) is 0 Å². The largest absolute Gasteiger partial charge is 0.494 e. The lowest BCUT2D eigenvalue weighted by Crippen LogP contribution is -2.53. The van der Waals surface area contributed by atoms with Crippen molar-refractivity contribution >= 4 is 39.7 Å². The minimum absolute atomic E-state index is 0.111. The third kappa shape index (κ3) is 3.90. The van der Waals surface area contributed by atoms with Gasteiger partial charge in [0.25, 0.3) is 5.91 Å². The van der Waals surface area contributed by atoms with E-state index in [4.69, 9.17) is 9.72 Å². The number of hydrogen-bond donors (Lipinski definition) is 0.